The van der Waals surface area contributed by atoms with E-state index in [-0.39, 0.29) is 0 Å². The van der Waals surface area contributed by atoms with E-state index in [4.69, 9.17) is 0 Å². The van der Waals surface area contributed by atoms with Gasteiger partial charge in [-0.05, 0) is 38.8 Å². The zero-order valence-corrected chi connectivity index (χ0v) is 11.4. The fourth-order valence-corrected chi connectivity index (χ4v) is 2.93. The van der Waals surface area contributed by atoms with Crippen molar-refractivity contribution >= 4 is 11.3 Å². The third-order valence-electron chi connectivity index (χ3n) is 2.92. The zero-order chi connectivity index (χ0) is 12.6. The molecule has 0 saturated carbocycles. The molecule has 1 aromatic carbocycles. The summed E-state index contributed by atoms with van der Waals surface area (Å²) in [5.74, 6) is 0. The maximum atomic E-state index is 10.5. The molecule has 1 atom stereocenters. The molecule has 0 fully saturated rings. The van der Waals surface area contributed by atoms with Crippen LogP contribution in [0.4, 0.5) is 0 Å². The van der Waals surface area contributed by atoms with Crippen LogP contribution in [0, 0.1) is 27.7 Å². The first-order valence-electron chi connectivity index (χ1n) is 5.68. The van der Waals surface area contributed by atoms with Gasteiger partial charge in [0.05, 0.1) is 15.6 Å². The molecule has 0 radical (unpaired) electrons. The highest BCUT2D eigenvalue weighted by Crippen LogP contribution is 2.31. The maximum absolute atomic E-state index is 10.5. The van der Waals surface area contributed by atoms with E-state index in [1.165, 1.54) is 5.56 Å². The first-order chi connectivity index (χ1) is 7.99. The number of hydrogen-bond acceptors (Lipinski definition) is 3. The van der Waals surface area contributed by atoms with Crippen LogP contribution in [-0.4, -0.2) is 10.1 Å². The molecule has 0 aliphatic rings. The molecule has 0 aliphatic carbocycles. The summed E-state index contributed by atoms with van der Waals surface area (Å²) in [6, 6.07) is 6.17. The molecule has 2 rings (SSSR count). The fraction of sp³-hybridized carbons (Fsp3) is 0.357. The van der Waals surface area contributed by atoms with Crippen molar-refractivity contribution in [3.8, 4) is 0 Å². The lowest BCUT2D eigenvalue weighted by molar-refractivity contribution is 0.222. The second kappa shape index (κ2) is 4.59. The van der Waals surface area contributed by atoms with Crippen LogP contribution < -0.4 is 0 Å². The van der Waals surface area contributed by atoms with Gasteiger partial charge in [0.15, 0.2) is 0 Å². The molecule has 3 heteroatoms. The van der Waals surface area contributed by atoms with Gasteiger partial charge in [-0.3, -0.25) is 0 Å². The average Bonchev–Trinajstić information content (AvgIpc) is 2.60. The molecule has 1 unspecified atom stereocenters. The van der Waals surface area contributed by atoms with Crippen molar-refractivity contribution < 1.29 is 5.11 Å². The lowest BCUT2D eigenvalue weighted by atomic mass is 9.99. The summed E-state index contributed by atoms with van der Waals surface area (Å²) in [7, 11) is 0. The maximum Gasteiger partial charge on any atom is 0.115 e. The predicted molar refractivity (Wildman–Crippen MR) is 71.6 cm³/mol. The molecule has 0 aliphatic heterocycles. The van der Waals surface area contributed by atoms with Gasteiger partial charge in [0, 0.05) is 0 Å². The van der Waals surface area contributed by atoms with E-state index in [2.05, 4.69) is 23.2 Å². The van der Waals surface area contributed by atoms with E-state index >= 15 is 0 Å². The van der Waals surface area contributed by atoms with Crippen molar-refractivity contribution in [2.75, 3.05) is 0 Å². The second-order valence-corrected chi connectivity index (χ2v) is 5.68. The Hall–Kier alpha value is -1.19. The van der Waals surface area contributed by atoms with Gasteiger partial charge >= 0.3 is 0 Å². The lowest BCUT2D eigenvalue weighted by Crippen LogP contribution is -2.02. The highest BCUT2D eigenvalue weighted by Gasteiger charge is 2.18. The minimum absolute atomic E-state index is 0.555. The van der Waals surface area contributed by atoms with Crippen molar-refractivity contribution in [2.24, 2.45) is 0 Å². The van der Waals surface area contributed by atoms with E-state index in [1.54, 1.807) is 11.3 Å². The summed E-state index contributed by atoms with van der Waals surface area (Å²) in [4.78, 5) is 5.32. The van der Waals surface area contributed by atoms with Crippen molar-refractivity contribution in [3.63, 3.8) is 0 Å². The summed E-state index contributed by atoms with van der Waals surface area (Å²) in [6.07, 6.45) is -0.555. The summed E-state index contributed by atoms with van der Waals surface area (Å²) >= 11 is 1.57. The van der Waals surface area contributed by atoms with Gasteiger partial charge in [-0.15, -0.1) is 11.3 Å². The molecule has 1 aromatic heterocycles. The third-order valence-corrected chi connectivity index (χ3v) is 4.04. The molecular formula is C14H17NOS. The summed E-state index contributed by atoms with van der Waals surface area (Å²) in [6.45, 7) is 7.99. The normalized spacial score (nSPS) is 12.8. The van der Waals surface area contributed by atoms with Crippen LogP contribution in [0.25, 0.3) is 0 Å². The Bertz CT molecular complexity index is 545. The van der Waals surface area contributed by atoms with Crippen molar-refractivity contribution in [1.29, 1.82) is 0 Å². The number of aliphatic hydroxyl groups is 1. The van der Waals surface area contributed by atoms with Gasteiger partial charge < -0.3 is 5.11 Å². The number of aromatic nitrogens is 1. The van der Waals surface area contributed by atoms with E-state index < -0.39 is 6.10 Å². The molecule has 17 heavy (non-hydrogen) atoms. The van der Waals surface area contributed by atoms with E-state index in [0.29, 0.717) is 0 Å². The van der Waals surface area contributed by atoms with Gasteiger partial charge in [-0.2, -0.15) is 0 Å². The minimum atomic E-state index is -0.555. The van der Waals surface area contributed by atoms with E-state index in [0.717, 1.165) is 26.7 Å². The Labute approximate surface area is 106 Å². The number of aliphatic hydroxyl groups excluding tert-OH is 1. The molecule has 1 heterocycles. The highest BCUT2D eigenvalue weighted by atomic mass is 32.1. The van der Waals surface area contributed by atoms with Gasteiger partial charge in [0.25, 0.3) is 0 Å². The van der Waals surface area contributed by atoms with Gasteiger partial charge in [-0.25, -0.2) is 4.98 Å². The lowest BCUT2D eigenvalue weighted by Gasteiger charge is -2.13. The molecule has 0 spiro atoms. The first kappa shape index (κ1) is 12.3. The predicted octanol–water partition coefficient (Wildman–Crippen LogP) is 3.46. The first-order valence-corrected chi connectivity index (χ1v) is 6.50. The molecule has 2 nitrogen and oxygen atoms in total. The topological polar surface area (TPSA) is 33.1 Å². The summed E-state index contributed by atoms with van der Waals surface area (Å²) in [5.41, 5.74) is 4.20. The summed E-state index contributed by atoms with van der Waals surface area (Å²) < 4.78 is 0. The number of rotatable bonds is 2. The Morgan fingerprint density at radius 1 is 1.18 bits per heavy atom. The van der Waals surface area contributed by atoms with Crippen LogP contribution in [0.1, 0.15) is 38.4 Å². The number of hydrogen-bond donors (Lipinski definition) is 1. The minimum Gasteiger partial charge on any atom is -0.383 e. The second-order valence-electron chi connectivity index (χ2n) is 4.45. The molecule has 0 saturated heterocycles. The Balaban J connectivity index is 2.46. The van der Waals surface area contributed by atoms with Crippen molar-refractivity contribution in [3.05, 3.63) is 50.5 Å². The monoisotopic (exact) mass is 247 g/mol. The van der Waals surface area contributed by atoms with Crippen LogP contribution in [0.15, 0.2) is 18.2 Å². The largest absolute Gasteiger partial charge is 0.383 e. The summed E-state index contributed by atoms with van der Waals surface area (Å²) in [5, 5.41) is 11.5. The molecular weight excluding hydrogens is 230 g/mol. The highest BCUT2D eigenvalue weighted by molar-refractivity contribution is 7.11. The molecule has 90 valence electrons. The standard InChI is InChI=1S/C14H17NOS/c1-8-5-6-9(2)12(7-8)13(16)14-10(3)15-11(4)17-14/h5-7,13,16H,1-4H3. The van der Waals surface area contributed by atoms with Gasteiger partial charge in [0.1, 0.15) is 6.10 Å². The van der Waals surface area contributed by atoms with Crippen molar-refractivity contribution in [2.45, 2.75) is 33.8 Å². The van der Waals surface area contributed by atoms with E-state index in [9.17, 15) is 5.11 Å². The van der Waals surface area contributed by atoms with Crippen LogP contribution in [-0.2, 0) is 0 Å². The Morgan fingerprint density at radius 2 is 1.88 bits per heavy atom. The molecule has 0 amide bonds. The number of thiazole rings is 1. The molecule has 0 bridgehead atoms. The number of nitrogens with zero attached hydrogens (tertiary/aromatic N) is 1. The molecule has 1 N–H and O–H groups in total. The smallest absolute Gasteiger partial charge is 0.115 e. The quantitative estimate of drug-likeness (QED) is 0.881. The molecule has 2 aromatic rings. The average molecular weight is 247 g/mol. The number of benzene rings is 1. The van der Waals surface area contributed by atoms with Gasteiger partial charge in [-0.1, -0.05) is 23.8 Å². The van der Waals surface area contributed by atoms with Crippen LogP contribution in [0.2, 0.25) is 0 Å². The van der Waals surface area contributed by atoms with Gasteiger partial charge in [0.2, 0.25) is 0 Å². The van der Waals surface area contributed by atoms with Crippen molar-refractivity contribution in [1.82, 2.24) is 4.98 Å². The number of aryl methyl sites for hydroxylation is 4. The van der Waals surface area contributed by atoms with E-state index in [1.807, 2.05) is 27.7 Å². The van der Waals surface area contributed by atoms with Crippen LogP contribution in [0.3, 0.4) is 0 Å². The SMILES string of the molecule is Cc1ccc(C)c(C(O)c2sc(C)nc2C)c1. The van der Waals surface area contributed by atoms with Crippen LogP contribution in [0.5, 0.6) is 0 Å². The Kier molecular flexibility index (Phi) is 3.31. The Morgan fingerprint density at radius 3 is 2.47 bits per heavy atom. The zero-order valence-electron chi connectivity index (χ0n) is 10.6. The third kappa shape index (κ3) is 2.40. The van der Waals surface area contributed by atoms with Crippen LogP contribution >= 0.6 is 11.3 Å². The fourth-order valence-electron chi connectivity index (χ4n) is 2.00.